The Bertz CT molecular complexity index is 710. The summed E-state index contributed by atoms with van der Waals surface area (Å²) in [7, 11) is 1.80. The minimum atomic E-state index is -0.204. The molecule has 1 unspecified atom stereocenters. The predicted molar refractivity (Wildman–Crippen MR) is 98.3 cm³/mol. The molecule has 0 aliphatic carbocycles. The second kappa shape index (κ2) is 6.95. The Morgan fingerprint density at radius 1 is 1.12 bits per heavy atom. The SMILES string of the molecule is CN=C(NCc1ccccc1)NC1CC(C)(C)Oc2ccccc21. The van der Waals surface area contributed by atoms with Crippen LogP contribution in [0.1, 0.15) is 37.4 Å². The molecule has 126 valence electrons. The number of guanidine groups is 1. The van der Waals surface area contributed by atoms with Gasteiger partial charge in [0.25, 0.3) is 0 Å². The van der Waals surface area contributed by atoms with Crippen LogP contribution in [0.25, 0.3) is 0 Å². The first kappa shape index (κ1) is 16.4. The van der Waals surface area contributed by atoms with Crippen molar-refractivity contribution < 1.29 is 4.74 Å². The lowest BCUT2D eigenvalue weighted by atomic mass is 9.90. The standard InChI is InChI=1S/C20H25N3O/c1-20(2)13-17(16-11-7-8-12-18(16)24-20)23-19(21-3)22-14-15-9-5-4-6-10-15/h4-12,17H,13-14H2,1-3H3,(H2,21,22,23). The minimum Gasteiger partial charge on any atom is -0.487 e. The quantitative estimate of drug-likeness (QED) is 0.669. The van der Waals surface area contributed by atoms with Crippen molar-refractivity contribution in [2.75, 3.05) is 7.05 Å². The fraction of sp³-hybridized carbons (Fsp3) is 0.350. The van der Waals surface area contributed by atoms with Crippen LogP contribution in [0.15, 0.2) is 59.6 Å². The van der Waals surface area contributed by atoms with E-state index in [2.05, 4.69) is 53.7 Å². The van der Waals surface area contributed by atoms with Gasteiger partial charge in [-0.1, -0.05) is 48.5 Å². The molecule has 0 amide bonds. The molecule has 1 aliphatic heterocycles. The van der Waals surface area contributed by atoms with Crippen LogP contribution < -0.4 is 15.4 Å². The molecule has 0 saturated carbocycles. The maximum atomic E-state index is 6.09. The fourth-order valence-corrected chi connectivity index (χ4v) is 3.07. The van der Waals surface area contributed by atoms with Crippen molar-refractivity contribution in [1.29, 1.82) is 0 Å². The van der Waals surface area contributed by atoms with Gasteiger partial charge in [0.2, 0.25) is 0 Å². The van der Waals surface area contributed by atoms with Crippen LogP contribution >= 0.6 is 0 Å². The Morgan fingerprint density at radius 2 is 1.83 bits per heavy atom. The van der Waals surface area contributed by atoms with E-state index in [9.17, 15) is 0 Å². The Kier molecular flexibility index (Phi) is 4.74. The third kappa shape index (κ3) is 3.88. The maximum absolute atomic E-state index is 6.09. The molecule has 2 aromatic rings. The molecule has 0 spiro atoms. The third-order valence-electron chi connectivity index (χ3n) is 4.21. The van der Waals surface area contributed by atoms with E-state index in [4.69, 9.17) is 4.74 Å². The van der Waals surface area contributed by atoms with E-state index in [1.54, 1.807) is 7.05 Å². The van der Waals surface area contributed by atoms with Crippen molar-refractivity contribution in [2.24, 2.45) is 4.99 Å². The molecule has 4 heteroatoms. The summed E-state index contributed by atoms with van der Waals surface area (Å²) in [5.41, 5.74) is 2.21. The van der Waals surface area contributed by atoms with Gasteiger partial charge in [0.05, 0.1) is 6.04 Å². The normalized spacial score (nSPS) is 19.1. The zero-order chi connectivity index (χ0) is 17.0. The van der Waals surface area contributed by atoms with Crippen LogP contribution in [0.3, 0.4) is 0 Å². The number of ether oxygens (including phenoxy) is 1. The second-order valence-electron chi connectivity index (χ2n) is 6.71. The molecule has 2 N–H and O–H groups in total. The van der Waals surface area contributed by atoms with Gasteiger partial charge in [0, 0.05) is 25.6 Å². The summed E-state index contributed by atoms with van der Waals surface area (Å²) in [6, 6.07) is 18.7. The smallest absolute Gasteiger partial charge is 0.191 e. The van der Waals surface area contributed by atoms with E-state index in [0.717, 1.165) is 24.7 Å². The molecule has 24 heavy (non-hydrogen) atoms. The Hall–Kier alpha value is -2.49. The zero-order valence-electron chi connectivity index (χ0n) is 14.5. The molecule has 1 heterocycles. The highest BCUT2D eigenvalue weighted by atomic mass is 16.5. The lowest BCUT2D eigenvalue weighted by molar-refractivity contribution is 0.0694. The van der Waals surface area contributed by atoms with Gasteiger partial charge in [-0.2, -0.15) is 0 Å². The molecule has 0 radical (unpaired) electrons. The topological polar surface area (TPSA) is 45.7 Å². The first-order valence-corrected chi connectivity index (χ1v) is 8.36. The van der Waals surface area contributed by atoms with E-state index >= 15 is 0 Å². The van der Waals surface area contributed by atoms with Gasteiger partial charge in [-0.15, -0.1) is 0 Å². The molecular formula is C20H25N3O. The number of rotatable bonds is 3. The van der Waals surface area contributed by atoms with Crippen LogP contribution in [0, 0.1) is 0 Å². The minimum absolute atomic E-state index is 0.173. The van der Waals surface area contributed by atoms with Crippen LogP contribution in [0.5, 0.6) is 5.75 Å². The lowest BCUT2D eigenvalue weighted by Crippen LogP contribution is -2.45. The maximum Gasteiger partial charge on any atom is 0.191 e. The molecular weight excluding hydrogens is 298 g/mol. The zero-order valence-corrected chi connectivity index (χ0v) is 14.5. The first-order chi connectivity index (χ1) is 11.6. The number of hydrogen-bond donors (Lipinski definition) is 2. The summed E-state index contributed by atoms with van der Waals surface area (Å²) in [5.74, 6) is 1.75. The van der Waals surface area contributed by atoms with Gasteiger partial charge in [-0.25, -0.2) is 0 Å². The Balaban J connectivity index is 1.71. The molecule has 0 bridgehead atoms. The summed E-state index contributed by atoms with van der Waals surface area (Å²) in [6.45, 7) is 4.99. The molecule has 0 fully saturated rings. The lowest BCUT2D eigenvalue weighted by Gasteiger charge is -2.38. The van der Waals surface area contributed by atoms with Crippen molar-refractivity contribution >= 4 is 5.96 Å². The molecule has 0 saturated heterocycles. The number of aliphatic imine (C=N–C) groups is 1. The van der Waals surface area contributed by atoms with Crippen LogP contribution in [0.4, 0.5) is 0 Å². The highest BCUT2D eigenvalue weighted by Gasteiger charge is 2.33. The second-order valence-corrected chi connectivity index (χ2v) is 6.71. The van der Waals surface area contributed by atoms with Gasteiger partial charge in [0.15, 0.2) is 5.96 Å². The van der Waals surface area contributed by atoms with Crippen molar-refractivity contribution in [3.8, 4) is 5.75 Å². The van der Waals surface area contributed by atoms with Gasteiger partial charge in [0.1, 0.15) is 11.4 Å². The van der Waals surface area contributed by atoms with Gasteiger partial charge in [-0.3, -0.25) is 4.99 Å². The van der Waals surface area contributed by atoms with E-state index in [-0.39, 0.29) is 11.6 Å². The van der Waals surface area contributed by atoms with E-state index < -0.39 is 0 Å². The number of nitrogens with zero attached hydrogens (tertiary/aromatic N) is 1. The summed E-state index contributed by atoms with van der Waals surface area (Å²) in [4.78, 5) is 4.37. The van der Waals surface area contributed by atoms with E-state index in [0.29, 0.717) is 0 Å². The third-order valence-corrected chi connectivity index (χ3v) is 4.21. The van der Waals surface area contributed by atoms with Crippen molar-refractivity contribution in [3.05, 3.63) is 65.7 Å². The van der Waals surface area contributed by atoms with Gasteiger partial charge in [-0.05, 0) is 25.5 Å². The summed E-state index contributed by atoms with van der Waals surface area (Å²) in [5, 5.41) is 6.94. The first-order valence-electron chi connectivity index (χ1n) is 8.36. The van der Waals surface area contributed by atoms with Crippen LogP contribution in [-0.2, 0) is 6.54 Å². The fourth-order valence-electron chi connectivity index (χ4n) is 3.07. The number of hydrogen-bond acceptors (Lipinski definition) is 2. The Labute approximate surface area is 144 Å². The van der Waals surface area contributed by atoms with E-state index in [1.807, 2.05) is 30.3 Å². The molecule has 2 aromatic carbocycles. The predicted octanol–water partition coefficient (Wildman–Crippen LogP) is 3.65. The number of fused-ring (bicyclic) bond motifs is 1. The van der Waals surface area contributed by atoms with Crippen LogP contribution in [0.2, 0.25) is 0 Å². The highest BCUT2D eigenvalue weighted by Crippen LogP contribution is 2.39. The van der Waals surface area contributed by atoms with Crippen molar-refractivity contribution in [3.63, 3.8) is 0 Å². The summed E-state index contributed by atoms with van der Waals surface area (Å²) < 4.78 is 6.09. The van der Waals surface area contributed by atoms with E-state index in [1.165, 1.54) is 11.1 Å². The molecule has 0 aromatic heterocycles. The molecule has 3 rings (SSSR count). The average molecular weight is 323 g/mol. The Morgan fingerprint density at radius 3 is 2.58 bits per heavy atom. The molecule has 1 atom stereocenters. The highest BCUT2D eigenvalue weighted by molar-refractivity contribution is 5.80. The average Bonchev–Trinajstić information content (AvgIpc) is 2.58. The number of benzene rings is 2. The largest absolute Gasteiger partial charge is 0.487 e. The van der Waals surface area contributed by atoms with Crippen molar-refractivity contribution in [1.82, 2.24) is 10.6 Å². The summed E-state index contributed by atoms with van der Waals surface area (Å²) >= 11 is 0. The van der Waals surface area contributed by atoms with Gasteiger partial charge < -0.3 is 15.4 Å². The molecule has 1 aliphatic rings. The number of nitrogens with one attached hydrogen (secondary N) is 2. The van der Waals surface area contributed by atoms with Crippen LogP contribution in [-0.4, -0.2) is 18.6 Å². The number of para-hydroxylation sites is 1. The van der Waals surface area contributed by atoms with Crippen molar-refractivity contribution in [2.45, 2.75) is 38.5 Å². The summed E-state index contributed by atoms with van der Waals surface area (Å²) in [6.07, 6.45) is 0.885. The molecule has 4 nitrogen and oxygen atoms in total. The monoisotopic (exact) mass is 323 g/mol. The van der Waals surface area contributed by atoms with Gasteiger partial charge >= 0.3 is 0 Å².